The summed E-state index contributed by atoms with van der Waals surface area (Å²) in [5.74, 6) is -0.543. The fourth-order valence-corrected chi connectivity index (χ4v) is 2.83. The molecule has 26 heavy (non-hydrogen) atoms. The number of benzene rings is 2. The van der Waals surface area contributed by atoms with Gasteiger partial charge in [0.25, 0.3) is 0 Å². The Morgan fingerprint density at radius 2 is 1.81 bits per heavy atom. The van der Waals surface area contributed by atoms with Crippen LogP contribution in [0.25, 0.3) is 0 Å². The molecule has 1 fully saturated rings. The van der Waals surface area contributed by atoms with Crippen molar-refractivity contribution in [2.45, 2.75) is 24.6 Å². The van der Waals surface area contributed by atoms with Crippen LogP contribution in [0.15, 0.2) is 54.6 Å². The molecule has 0 spiro atoms. The van der Waals surface area contributed by atoms with Crippen LogP contribution in [0.1, 0.15) is 18.4 Å². The lowest BCUT2D eigenvalue weighted by Gasteiger charge is -2.17. The van der Waals surface area contributed by atoms with Gasteiger partial charge >= 0.3 is 6.36 Å². The highest BCUT2D eigenvalue weighted by atomic mass is 19.4. The molecule has 2 aromatic carbocycles. The highest BCUT2D eigenvalue weighted by molar-refractivity contribution is 5.81. The third-order valence-electron chi connectivity index (χ3n) is 4.38. The number of halogens is 3. The molecule has 0 radical (unpaired) electrons. The van der Waals surface area contributed by atoms with E-state index in [0.717, 1.165) is 12.8 Å². The number of anilines is 1. The summed E-state index contributed by atoms with van der Waals surface area (Å²) in [5, 5.41) is 5.70. The molecule has 1 aliphatic rings. The summed E-state index contributed by atoms with van der Waals surface area (Å²) in [6.45, 7) is 0.523. The number of nitrogens with one attached hydrogen (secondary N) is 2. The number of alkyl halides is 3. The number of hydrogen-bond acceptors (Lipinski definition) is 3. The number of hydrogen-bond donors (Lipinski definition) is 2. The van der Waals surface area contributed by atoms with Crippen LogP contribution < -0.4 is 15.4 Å². The second-order valence-electron chi connectivity index (χ2n) is 6.35. The van der Waals surface area contributed by atoms with Gasteiger partial charge in [-0.25, -0.2) is 0 Å². The molecule has 4 nitrogen and oxygen atoms in total. The van der Waals surface area contributed by atoms with E-state index >= 15 is 0 Å². The minimum Gasteiger partial charge on any atom is -0.406 e. The minimum atomic E-state index is -4.74. The van der Waals surface area contributed by atoms with E-state index in [0.29, 0.717) is 12.2 Å². The van der Waals surface area contributed by atoms with Crippen molar-refractivity contribution in [1.29, 1.82) is 0 Å². The molecule has 138 valence electrons. The Morgan fingerprint density at radius 3 is 2.46 bits per heavy atom. The molecule has 0 unspecified atom stereocenters. The lowest BCUT2D eigenvalue weighted by Crippen LogP contribution is -2.35. The monoisotopic (exact) mass is 364 g/mol. The van der Waals surface area contributed by atoms with Gasteiger partial charge in [-0.1, -0.05) is 36.4 Å². The van der Waals surface area contributed by atoms with Gasteiger partial charge in [-0.3, -0.25) is 4.79 Å². The Bertz CT molecular complexity index is 759. The van der Waals surface area contributed by atoms with E-state index < -0.39 is 6.36 Å². The third-order valence-corrected chi connectivity index (χ3v) is 4.38. The Kier molecular flexibility index (Phi) is 5.06. The van der Waals surface area contributed by atoms with Crippen LogP contribution >= 0.6 is 0 Å². The highest BCUT2D eigenvalue weighted by Gasteiger charge is 2.44. The molecule has 0 bridgehead atoms. The van der Waals surface area contributed by atoms with Crippen molar-refractivity contribution >= 4 is 11.6 Å². The molecule has 1 amide bonds. The first-order valence-corrected chi connectivity index (χ1v) is 8.28. The van der Waals surface area contributed by atoms with Crippen molar-refractivity contribution in [3.05, 3.63) is 60.2 Å². The van der Waals surface area contributed by atoms with Crippen molar-refractivity contribution < 1.29 is 22.7 Å². The first-order valence-electron chi connectivity index (χ1n) is 8.28. The number of amides is 1. The number of carbonyl (C=O) groups excluding carboxylic acids is 1. The maximum absolute atomic E-state index is 12.2. The van der Waals surface area contributed by atoms with Gasteiger partial charge in [0.2, 0.25) is 5.91 Å². The topological polar surface area (TPSA) is 50.4 Å². The Morgan fingerprint density at radius 1 is 1.08 bits per heavy atom. The largest absolute Gasteiger partial charge is 0.573 e. The fourth-order valence-electron chi connectivity index (χ4n) is 2.83. The summed E-state index contributed by atoms with van der Waals surface area (Å²) >= 11 is 0. The average molecular weight is 364 g/mol. The molecular weight excluding hydrogens is 345 g/mol. The van der Waals surface area contributed by atoms with Crippen LogP contribution in [-0.2, 0) is 10.2 Å². The van der Waals surface area contributed by atoms with Gasteiger partial charge in [-0.2, -0.15) is 0 Å². The van der Waals surface area contributed by atoms with Crippen LogP contribution in [-0.4, -0.2) is 25.4 Å². The van der Waals surface area contributed by atoms with Crippen molar-refractivity contribution in [3.63, 3.8) is 0 Å². The van der Waals surface area contributed by atoms with Gasteiger partial charge in [0.1, 0.15) is 5.75 Å². The molecule has 0 aromatic heterocycles. The standard InChI is InChI=1S/C19H19F3N2O2/c20-19(21,22)26-16-8-4-7-15(11-16)23-12-17(25)24-13-18(9-10-18)14-5-2-1-3-6-14/h1-8,11,23H,9-10,12-13H2,(H,24,25). The van der Waals surface area contributed by atoms with E-state index in [1.54, 1.807) is 6.07 Å². The van der Waals surface area contributed by atoms with Crippen LogP contribution in [0.3, 0.4) is 0 Å². The second-order valence-corrected chi connectivity index (χ2v) is 6.35. The Labute approximate surface area is 149 Å². The molecule has 2 N–H and O–H groups in total. The normalized spacial score (nSPS) is 15.2. The molecule has 1 saturated carbocycles. The molecule has 0 aliphatic heterocycles. The SMILES string of the molecule is O=C(CNc1cccc(OC(F)(F)F)c1)NCC1(c2ccccc2)CC1. The number of rotatable bonds is 7. The summed E-state index contributed by atoms with van der Waals surface area (Å²) in [4.78, 5) is 12.1. The summed E-state index contributed by atoms with van der Waals surface area (Å²) in [6.07, 6.45) is -2.69. The van der Waals surface area contributed by atoms with Crippen molar-refractivity contribution in [3.8, 4) is 5.75 Å². The lowest BCUT2D eigenvalue weighted by atomic mass is 9.96. The minimum absolute atomic E-state index is 0.0113. The van der Waals surface area contributed by atoms with Crippen LogP contribution in [0, 0.1) is 0 Å². The van der Waals surface area contributed by atoms with Gasteiger partial charge < -0.3 is 15.4 Å². The van der Waals surface area contributed by atoms with E-state index in [1.165, 1.54) is 23.8 Å². The fraction of sp³-hybridized carbons (Fsp3) is 0.316. The lowest BCUT2D eigenvalue weighted by molar-refractivity contribution is -0.274. The smallest absolute Gasteiger partial charge is 0.406 e. The first-order chi connectivity index (χ1) is 12.4. The van der Waals surface area contributed by atoms with Gasteiger partial charge in [-0.05, 0) is 30.5 Å². The maximum Gasteiger partial charge on any atom is 0.573 e. The highest BCUT2D eigenvalue weighted by Crippen LogP contribution is 2.47. The molecule has 2 aromatic rings. The van der Waals surface area contributed by atoms with E-state index in [9.17, 15) is 18.0 Å². The van der Waals surface area contributed by atoms with E-state index in [4.69, 9.17) is 0 Å². The van der Waals surface area contributed by atoms with E-state index in [-0.39, 0.29) is 23.6 Å². The zero-order chi connectivity index (χ0) is 18.6. The Hall–Kier alpha value is -2.70. The van der Waals surface area contributed by atoms with Crippen LogP contribution in [0.4, 0.5) is 18.9 Å². The van der Waals surface area contributed by atoms with Crippen LogP contribution in [0.2, 0.25) is 0 Å². The zero-order valence-corrected chi connectivity index (χ0v) is 14.0. The van der Waals surface area contributed by atoms with Gasteiger partial charge in [0.15, 0.2) is 0 Å². The molecule has 0 saturated heterocycles. The maximum atomic E-state index is 12.2. The summed E-state index contributed by atoms with van der Waals surface area (Å²) in [6, 6.07) is 15.4. The van der Waals surface area contributed by atoms with E-state index in [2.05, 4.69) is 27.5 Å². The van der Waals surface area contributed by atoms with Crippen molar-refractivity contribution in [2.75, 3.05) is 18.4 Å². The predicted molar refractivity (Wildman–Crippen MR) is 92.0 cm³/mol. The molecular formula is C19H19F3N2O2. The zero-order valence-electron chi connectivity index (χ0n) is 14.0. The first kappa shape index (κ1) is 18.1. The number of ether oxygens (including phenoxy) is 1. The predicted octanol–water partition coefficient (Wildman–Crippen LogP) is 3.85. The quantitative estimate of drug-likeness (QED) is 0.785. The summed E-state index contributed by atoms with van der Waals surface area (Å²) < 4.78 is 40.6. The molecule has 0 heterocycles. The van der Waals surface area contributed by atoms with Gasteiger partial charge in [0, 0.05) is 23.7 Å². The molecule has 7 heteroatoms. The third kappa shape index (κ3) is 4.91. The van der Waals surface area contributed by atoms with Crippen molar-refractivity contribution in [1.82, 2.24) is 5.32 Å². The van der Waals surface area contributed by atoms with Gasteiger partial charge in [0.05, 0.1) is 6.54 Å². The average Bonchev–Trinajstić information content (AvgIpc) is 3.39. The van der Waals surface area contributed by atoms with Crippen LogP contribution in [0.5, 0.6) is 5.75 Å². The summed E-state index contributed by atoms with van der Waals surface area (Å²) in [7, 11) is 0. The van der Waals surface area contributed by atoms with Crippen molar-refractivity contribution in [2.24, 2.45) is 0 Å². The molecule has 1 aliphatic carbocycles. The Balaban J connectivity index is 1.48. The van der Waals surface area contributed by atoms with Gasteiger partial charge in [-0.15, -0.1) is 13.2 Å². The summed E-state index contributed by atoms with van der Waals surface area (Å²) in [5.41, 5.74) is 1.61. The number of carbonyl (C=O) groups is 1. The van der Waals surface area contributed by atoms with E-state index in [1.807, 2.05) is 18.2 Å². The second kappa shape index (κ2) is 7.27. The molecule has 3 rings (SSSR count). The molecule has 0 atom stereocenters.